The molecule has 5 nitrogen and oxygen atoms in total. The number of carbonyl (C=O) groups is 2. The molecule has 116 valence electrons. The molecule has 2 rings (SSSR count). The van der Waals surface area contributed by atoms with Crippen LogP contribution >= 0.6 is 27.3 Å². The lowest BCUT2D eigenvalue weighted by atomic mass is 10.3. The Morgan fingerprint density at radius 3 is 2.59 bits per heavy atom. The average Bonchev–Trinajstić information content (AvgIpc) is 3.00. The highest BCUT2D eigenvalue weighted by Gasteiger charge is 2.07. The normalized spacial score (nSPS) is 10.0. The molecule has 2 aromatic rings. The zero-order valence-electron chi connectivity index (χ0n) is 11.8. The van der Waals surface area contributed by atoms with E-state index in [1.165, 1.54) is 4.88 Å². The first-order chi connectivity index (χ1) is 10.6. The summed E-state index contributed by atoms with van der Waals surface area (Å²) < 4.78 is 0.965. The molecule has 0 unspecified atom stereocenters. The Morgan fingerprint density at radius 2 is 1.91 bits per heavy atom. The molecule has 3 N–H and O–H groups in total. The summed E-state index contributed by atoms with van der Waals surface area (Å²) in [6, 6.07) is 10.9. The summed E-state index contributed by atoms with van der Waals surface area (Å²) in [5, 5.41) is 9.88. The Labute approximate surface area is 141 Å². The van der Waals surface area contributed by atoms with Gasteiger partial charge in [-0.05, 0) is 42.1 Å². The number of urea groups is 1. The second-order valence-electron chi connectivity index (χ2n) is 4.49. The summed E-state index contributed by atoms with van der Waals surface area (Å²) in [7, 11) is 0. The molecule has 0 fully saturated rings. The first-order valence-corrected chi connectivity index (χ1v) is 8.40. The van der Waals surface area contributed by atoms with Crippen LogP contribution in [0.5, 0.6) is 0 Å². The van der Waals surface area contributed by atoms with Crippen LogP contribution in [0.2, 0.25) is 0 Å². The zero-order chi connectivity index (χ0) is 15.8. The van der Waals surface area contributed by atoms with Crippen molar-refractivity contribution in [3.63, 3.8) is 0 Å². The van der Waals surface area contributed by atoms with Crippen LogP contribution in [-0.4, -0.2) is 25.0 Å². The zero-order valence-corrected chi connectivity index (χ0v) is 14.2. The summed E-state index contributed by atoms with van der Waals surface area (Å²) in [5.41, 5.74) is 0.816. The Balaban J connectivity index is 1.63. The molecule has 0 saturated heterocycles. The second kappa shape index (κ2) is 8.55. The topological polar surface area (TPSA) is 70.2 Å². The lowest BCUT2D eigenvalue weighted by molar-refractivity contribution is -0.118. The van der Waals surface area contributed by atoms with Gasteiger partial charge in [0.2, 0.25) is 5.91 Å². The fourth-order valence-corrected chi connectivity index (χ4v) is 2.69. The molecule has 0 aliphatic heterocycles. The van der Waals surface area contributed by atoms with Crippen molar-refractivity contribution in [2.24, 2.45) is 0 Å². The van der Waals surface area contributed by atoms with Crippen LogP contribution in [0.1, 0.15) is 4.88 Å². The van der Waals surface area contributed by atoms with E-state index in [1.54, 1.807) is 11.3 Å². The summed E-state index contributed by atoms with van der Waals surface area (Å²) >= 11 is 4.98. The predicted molar refractivity (Wildman–Crippen MR) is 92.2 cm³/mol. The van der Waals surface area contributed by atoms with Gasteiger partial charge in [-0.2, -0.15) is 0 Å². The van der Waals surface area contributed by atoms with Crippen molar-refractivity contribution in [3.8, 4) is 0 Å². The van der Waals surface area contributed by atoms with Crippen LogP contribution in [0.25, 0.3) is 0 Å². The molecule has 3 amide bonds. The van der Waals surface area contributed by atoms with E-state index in [4.69, 9.17) is 0 Å². The predicted octanol–water partition coefficient (Wildman–Crippen LogP) is 2.99. The number of carbonyl (C=O) groups excluding carboxylic acids is 2. The highest BCUT2D eigenvalue weighted by atomic mass is 79.9. The van der Waals surface area contributed by atoms with Gasteiger partial charge in [-0.25, -0.2) is 4.79 Å². The van der Waals surface area contributed by atoms with E-state index in [2.05, 4.69) is 31.9 Å². The van der Waals surface area contributed by atoms with Crippen LogP contribution < -0.4 is 16.0 Å². The molecule has 7 heteroatoms. The van der Waals surface area contributed by atoms with Crippen LogP contribution in [0.15, 0.2) is 46.3 Å². The summed E-state index contributed by atoms with van der Waals surface area (Å²) in [6.45, 7) is 0.541. The Bertz CT molecular complexity index is 614. The van der Waals surface area contributed by atoms with Gasteiger partial charge in [0.25, 0.3) is 0 Å². The molecular formula is C15H16BrN3O2S. The molecule has 1 heterocycles. The van der Waals surface area contributed by atoms with Crippen LogP contribution in [0.4, 0.5) is 10.5 Å². The van der Waals surface area contributed by atoms with Gasteiger partial charge in [-0.3, -0.25) is 10.1 Å². The van der Waals surface area contributed by atoms with Crippen molar-refractivity contribution < 1.29 is 9.59 Å². The molecule has 0 spiro atoms. The van der Waals surface area contributed by atoms with E-state index in [-0.39, 0.29) is 12.5 Å². The lowest BCUT2D eigenvalue weighted by Crippen LogP contribution is -2.42. The third-order valence-electron chi connectivity index (χ3n) is 2.79. The van der Waals surface area contributed by atoms with Gasteiger partial charge >= 0.3 is 6.03 Å². The summed E-state index contributed by atoms with van der Waals surface area (Å²) in [6.07, 6.45) is 0.760. The van der Waals surface area contributed by atoms with Crippen LogP contribution in [0.3, 0.4) is 0 Å². The molecular weight excluding hydrogens is 366 g/mol. The SMILES string of the molecule is O=C(CNc1ccc(Br)cc1)NC(=O)NCCc1cccs1. The number of nitrogens with one attached hydrogen (secondary N) is 3. The van der Waals surface area contributed by atoms with E-state index in [9.17, 15) is 9.59 Å². The minimum Gasteiger partial charge on any atom is -0.376 e. The van der Waals surface area contributed by atoms with Crippen molar-refractivity contribution >= 4 is 44.9 Å². The first kappa shape index (κ1) is 16.5. The van der Waals surface area contributed by atoms with Gasteiger partial charge in [-0.15, -0.1) is 11.3 Å². The van der Waals surface area contributed by atoms with Crippen molar-refractivity contribution in [2.45, 2.75) is 6.42 Å². The van der Waals surface area contributed by atoms with Gasteiger partial charge in [-0.1, -0.05) is 22.0 Å². The molecule has 0 bridgehead atoms. The van der Waals surface area contributed by atoms with Crippen molar-refractivity contribution in [3.05, 3.63) is 51.1 Å². The van der Waals surface area contributed by atoms with E-state index < -0.39 is 6.03 Å². The number of amides is 3. The van der Waals surface area contributed by atoms with Crippen molar-refractivity contribution in [2.75, 3.05) is 18.4 Å². The largest absolute Gasteiger partial charge is 0.376 e. The van der Waals surface area contributed by atoms with Gasteiger partial charge in [0.15, 0.2) is 0 Å². The summed E-state index contributed by atoms with van der Waals surface area (Å²) in [4.78, 5) is 24.4. The highest BCUT2D eigenvalue weighted by molar-refractivity contribution is 9.10. The average molecular weight is 382 g/mol. The number of thiophene rings is 1. The number of imide groups is 1. The standard InChI is InChI=1S/C15H16BrN3O2S/c16-11-3-5-12(6-4-11)18-10-14(20)19-15(21)17-8-7-13-2-1-9-22-13/h1-6,9,18H,7-8,10H2,(H2,17,19,20,21). The minimum absolute atomic E-state index is 0.0416. The quantitative estimate of drug-likeness (QED) is 0.720. The fraction of sp³-hybridized carbons (Fsp3) is 0.200. The van der Waals surface area contributed by atoms with Crippen LogP contribution in [0, 0.1) is 0 Å². The van der Waals surface area contributed by atoms with E-state index >= 15 is 0 Å². The maximum Gasteiger partial charge on any atom is 0.321 e. The molecule has 1 aromatic carbocycles. The van der Waals surface area contributed by atoms with Gasteiger partial charge in [0.05, 0.1) is 6.54 Å². The Kier molecular flexibility index (Phi) is 6.42. The number of halogens is 1. The van der Waals surface area contributed by atoms with Gasteiger partial charge in [0, 0.05) is 21.6 Å². The monoisotopic (exact) mass is 381 g/mol. The number of rotatable bonds is 6. The van der Waals surface area contributed by atoms with Crippen molar-refractivity contribution in [1.82, 2.24) is 10.6 Å². The first-order valence-electron chi connectivity index (χ1n) is 6.73. The third-order valence-corrected chi connectivity index (χ3v) is 4.25. The Morgan fingerprint density at radius 1 is 1.14 bits per heavy atom. The van der Waals surface area contributed by atoms with E-state index in [1.807, 2.05) is 41.8 Å². The molecule has 0 saturated carbocycles. The highest BCUT2D eigenvalue weighted by Crippen LogP contribution is 2.13. The van der Waals surface area contributed by atoms with Gasteiger partial charge in [0.1, 0.15) is 0 Å². The van der Waals surface area contributed by atoms with Gasteiger partial charge < -0.3 is 10.6 Å². The van der Waals surface area contributed by atoms with Crippen molar-refractivity contribution in [1.29, 1.82) is 0 Å². The molecule has 0 radical (unpaired) electrons. The molecule has 0 aliphatic rings. The maximum absolute atomic E-state index is 11.6. The second-order valence-corrected chi connectivity index (χ2v) is 6.44. The lowest BCUT2D eigenvalue weighted by Gasteiger charge is -2.08. The number of hydrogen-bond acceptors (Lipinski definition) is 4. The smallest absolute Gasteiger partial charge is 0.321 e. The molecule has 0 aliphatic carbocycles. The number of benzene rings is 1. The number of hydrogen-bond donors (Lipinski definition) is 3. The Hall–Kier alpha value is -1.86. The molecule has 22 heavy (non-hydrogen) atoms. The molecule has 0 atom stereocenters. The molecule has 1 aromatic heterocycles. The van der Waals surface area contributed by atoms with E-state index in [0.29, 0.717) is 6.54 Å². The number of anilines is 1. The van der Waals surface area contributed by atoms with Crippen LogP contribution in [-0.2, 0) is 11.2 Å². The van der Waals surface area contributed by atoms with E-state index in [0.717, 1.165) is 16.6 Å². The maximum atomic E-state index is 11.6. The summed E-state index contributed by atoms with van der Waals surface area (Å²) in [5.74, 6) is -0.378. The fourth-order valence-electron chi connectivity index (χ4n) is 1.72. The minimum atomic E-state index is -0.473. The third kappa shape index (κ3) is 5.87.